The van der Waals surface area contributed by atoms with E-state index in [0.29, 0.717) is 32.6 Å². The van der Waals surface area contributed by atoms with Gasteiger partial charge in [0.25, 0.3) is 0 Å². The fraction of sp³-hybridized carbons (Fsp3) is 0.889. The second-order valence-corrected chi connectivity index (χ2v) is 11.1. The standard InChI is InChI=1S/C18H31N3O5S/c1-18(2,3)26-17(23)20-9-7-19(8-10-20)15-4-6-21(12-15)16(22)14-5-11-27(24,25)13-14/h14-15H,4-13H2,1-3H3. The van der Waals surface area contributed by atoms with Crippen LogP contribution in [-0.2, 0) is 19.4 Å². The number of rotatable bonds is 2. The van der Waals surface area contributed by atoms with Gasteiger partial charge in [0, 0.05) is 45.3 Å². The maximum atomic E-state index is 12.6. The number of carbonyl (C=O) groups excluding carboxylic acids is 2. The summed E-state index contributed by atoms with van der Waals surface area (Å²) in [4.78, 5) is 30.7. The molecule has 0 aromatic carbocycles. The minimum Gasteiger partial charge on any atom is -0.444 e. The summed E-state index contributed by atoms with van der Waals surface area (Å²) in [6.07, 6.45) is 1.09. The van der Waals surface area contributed by atoms with Gasteiger partial charge in [0.1, 0.15) is 5.60 Å². The highest BCUT2D eigenvalue weighted by molar-refractivity contribution is 7.91. The topological polar surface area (TPSA) is 87.2 Å². The first-order chi connectivity index (χ1) is 12.5. The molecule has 0 N–H and O–H groups in total. The smallest absolute Gasteiger partial charge is 0.410 e. The van der Waals surface area contributed by atoms with Crippen molar-refractivity contribution >= 4 is 21.8 Å². The van der Waals surface area contributed by atoms with E-state index in [1.165, 1.54) is 0 Å². The largest absolute Gasteiger partial charge is 0.444 e. The maximum Gasteiger partial charge on any atom is 0.410 e. The maximum absolute atomic E-state index is 12.6. The third kappa shape index (κ3) is 5.13. The molecule has 3 saturated heterocycles. The number of hydrogen-bond donors (Lipinski definition) is 0. The van der Waals surface area contributed by atoms with Crippen molar-refractivity contribution in [3.63, 3.8) is 0 Å². The van der Waals surface area contributed by atoms with Crippen LogP contribution in [0.25, 0.3) is 0 Å². The van der Waals surface area contributed by atoms with Gasteiger partial charge in [0.2, 0.25) is 5.91 Å². The van der Waals surface area contributed by atoms with Crippen molar-refractivity contribution in [1.82, 2.24) is 14.7 Å². The molecule has 3 heterocycles. The van der Waals surface area contributed by atoms with E-state index in [1.54, 1.807) is 4.90 Å². The molecule has 0 saturated carbocycles. The molecule has 3 fully saturated rings. The molecule has 3 aliphatic rings. The van der Waals surface area contributed by atoms with Crippen LogP contribution in [0.1, 0.15) is 33.6 Å². The first-order valence-electron chi connectivity index (χ1n) is 9.75. The van der Waals surface area contributed by atoms with Gasteiger partial charge in [-0.1, -0.05) is 0 Å². The lowest BCUT2D eigenvalue weighted by atomic mass is 10.1. The van der Waals surface area contributed by atoms with Crippen LogP contribution in [0.2, 0.25) is 0 Å². The van der Waals surface area contributed by atoms with E-state index in [1.807, 2.05) is 25.7 Å². The number of amides is 2. The van der Waals surface area contributed by atoms with Gasteiger partial charge in [-0.05, 0) is 33.6 Å². The van der Waals surface area contributed by atoms with Crippen LogP contribution >= 0.6 is 0 Å². The van der Waals surface area contributed by atoms with Gasteiger partial charge in [-0.15, -0.1) is 0 Å². The van der Waals surface area contributed by atoms with E-state index in [4.69, 9.17) is 4.74 Å². The summed E-state index contributed by atoms with van der Waals surface area (Å²) in [6, 6.07) is 0.285. The van der Waals surface area contributed by atoms with Crippen LogP contribution in [0.5, 0.6) is 0 Å². The molecule has 0 aromatic heterocycles. The molecular formula is C18H31N3O5S. The average molecular weight is 402 g/mol. The van der Waals surface area contributed by atoms with Crippen molar-refractivity contribution in [2.24, 2.45) is 5.92 Å². The minimum absolute atomic E-state index is 0.00155. The lowest BCUT2D eigenvalue weighted by Gasteiger charge is -2.38. The highest BCUT2D eigenvalue weighted by Gasteiger charge is 2.39. The van der Waals surface area contributed by atoms with Crippen LogP contribution < -0.4 is 0 Å². The van der Waals surface area contributed by atoms with E-state index in [0.717, 1.165) is 19.5 Å². The minimum atomic E-state index is -3.04. The van der Waals surface area contributed by atoms with E-state index in [2.05, 4.69) is 4.90 Å². The molecule has 0 bridgehead atoms. The number of likely N-dealkylation sites (tertiary alicyclic amines) is 1. The molecule has 2 atom stereocenters. The Balaban J connectivity index is 1.46. The summed E-state index contributed by atoms with van der Waals surface area (Å²) in [5, 5.41) is 0. The molecule has 2 unspecified atom stereocenters. The molecule has 3 rings (SSSR count). The van der Waals surface area contributed by atoms with Gasteiger partial charge in [-0.25, -0.2) is 13.2 Å². The Labute approximate surface area is 161 Å². The summed E-state index contributed by atoms with van der Waals surface area (Å²) >= 11 is 0. The van der Waals surface area contributed by atoms with Crippen molar-refractivity contribution in [2.45, 2.75) is 45.3 Å². The van der Waals surface area contributed by atoms with Crippen LogP contribution in [0.4, 0.5) is 4.79 Å². The van der Waals surface area contributed by atoms with Crippen molar-refractivity contribution in [1.29, 1.82) is 0 Å². The summed E-state index contributed by atoms with van der Waals surface area (Å²) in [5.74, 6) is -0.238. The monoisotopic (exact) mass is 401 g/mol. The highest BCUT2D eigenvalue weighted by atomic mass is 32.2. The van der Waals surface area contributed by atoms with Crippen molar-refractivity contribution < 1.29 is 22.7 Å². The highest BCUT2D eigenvalue weighted by Crippen LogP contribution is 2.25. The average Bonchev–Trinajstić information content (AvgIpc) is 3.19. The fourth-order valence-electron chi connectivity index (χ4n) is 4.08. The fourth-order valence-corrected chi connectivity index (χ4v) is 5.82. The summed E-state index contributed by atoms with van der Waals surface area (Å²) < 4.78 is 28.7. The predicted octanol–water partition coefficient (Wildman–Crippen LogP) is 0.575. The Morgan fingerprint density at radius 1 is 0.963 bits per heavy atom. The van der Waals surface area contributed by atoms with Crippen LogP contribution in [0, 0.1) is 5.92 Å². The molecule has 0 aromatic rings. The van der Waals surface area contributed by atoms with Crippen molar-refractivity contribution in [3.05, 3.63) is 0 Å². The van der Waals surface area contributed by atoms with Gasteiger partial charge < -0.3 is 14.5 Å². The molecule has 0 radical (unpaired) electrons. The van der Waals surface area contributed by atoms with Gasteiger partial charge >= 0.3 is 6.09 Å². The predicted molar refractivity (Wildman–Crippen MR) is 101 cm³/mol. The number of carbonyl (C=O) groups is 2. The van der Waals surface area contributed by atoms with Crippen LogP contribution in [-0.4, -0.2) is 97.5 Å². The van der Waals surface area contributed by atoms with Crippen LogP contribution in [0.15, 0.2) is 0 Å². The number of ether oxygens (including phenoxy) is 1. The zero-order chi connectivity index (χ0) is 19.8. The molecule has 154 valence electrons. The molecule has 8 nitrogen and oxygen atoms in total. The molecular weight excluding hydrogens is 370 g/mol. The summed E-state index contributed by atoms with van der Waals surface area (Å²) in [5.41, 5.74) is -0.492. The van der Waals surface area contributed by atoms with Gasteiger partial charge in [-0.3, -0.25) is 9.69 Å². The summed E-state index contributed by atoms with van der Waals surface area (Å²) in [7, 11) is -3.04. The van der Waals surface area contributed by atoms with Crippen molar-refractivity contribution in [3.8, 4) is 0 Å². The Morgan fingerprint density at radius 2 is 1.63 bits per heavy atom. The third-order valence-corrected chi connectivity index (χ3v) is 7.31. The van der Waals surface area contributed by atoms with Gasteiger partial charge in [0.05, 0.1) is 17.4 Å². The first kappa shape index (κ1) is 20.4. The Kier molecular flexibility index (Phi) is 5.72. The van der Waals surface area contributed by atoms with Crippen molar-refractivity contribution in [2.75, 3.05) is 50.8 Å². The molecule has 9 heteroatoms. The molecule has 2 amide bonds. The number of sulfone groups is 1. The Hall–Kier alpha value is -1.35. The number of piperazine rings is 1. The quantitative estimate of drug-likeness (QED) is 0.673. The van der Waals surface area contributed by atoms with E-state index in [-0.39, 0.29) is 35.5 Å². The lowest BCUT2D eigenvalue weighted by molar-refractivity contribution is -0.133. The molecule has 3 aliphatic heterocycles. The van der Waals surface area contributed by atoms with Gasteiger partial charge in [-0.2, -0.15) is 0 Å². The first-order valence-corrected chi connectivity index (χ1v) is 11.6. The number of nitrogens with zero attached hydrogens (tertiary/aromatic N) is 3. The Morgan fingerprint density at radius 3 is 2.19 bits per heavy atom. The molecule has 27 heavy (non-hydrogen) atoms. The molecule has 0 spiro atoms. The Bertz CT molecular complexity index is 680. The van der Waals surface area contributed by atoms with E-state index in [9.17, 15) is 18.0 Å². The third-order valence-electron chi connectivity index (χ3n) is 5.54. The second-order valence-electron chi connectivity index (χ2n) is 8.83. The normalized spacial score (nSPS) is 29.1. The van der Waals surface area contributed by atoms with E-state index < -0.39 is 15.4 Å². The van der Waals surface area contributed by atoms with Crippen LogP contribution in [0.3, 0.4) is 0 Å². The molecule has 0 aliphatic carbocycles. The summed E-state index contributed by atoms with van der Waals surface area (Å²) in [6.45, 7) is 9.71. The van der Waals surface area contributed by atoms with E-state index >= 15 is 0 Å². The second kappa shape index (κ2) is 7.58. The zero-order valence-corrected chi connectivity index (χ0v) is 17.3. The number of hydrogen-bond acceptors (Lipinski definition) is 6. The zero-order valence-electron chi connectivity index (χ0n) is 16.5. The SMILES string of the molecule is CC(C)(C)OC(=O)N1CCN(C2CCN(C(=O)C3CCS(=O)(=O)C3)C2)CC1. The van der Waals surface area contributed by atoms with Gasteiger partial charge in [0.15, 0.2) is 9.84 Å². The lowest BCUT2D eigenvalue weighted by Crippen LogP contribution is -2.53.